The van der Waals surface area contributed by atoms with E-state index in [1.165, 1.54) is 0 Å². The highest BCUT2D eigenvalue weighted by Gasteiger charge is 2.22. The molecule has 1 unspecified atom stereocenters. The molecule has 0 spiro atoms. The van der Waals surface area contributed by atoms with Gasteiger partial charge >= 0.3 is 0 Å². The van der Waals surface area contributed by atoms with Crippen molar-refractivity contribution in [3.05, 3.63) is 69.2 Å². The van der Waals surface area contributed by atoms with Gasteiger partial charge in [-0.15, -0.1) is 0 Å². The third-order valence-corrected chi connectivity index (χ3v) is 5.38. The lowest BCUT2D eigenvalue weighted by Gasteiger charge is -2.21. The third-order valence-electron chi connectivity index (χ3n) is 5.38. The number of benzene rings is 1. The van der Waals surface area contributed by atoms with E-state index in [9.17, 15) is 9.18 Å². The molecule has 6 heteroatoms. The Balaban J connectivity index is 1.73. The molecule has 1 heterocycles. The summed E-state index contributed by atoms with van der Waals surface area (Å²) >= 11 is 0. The summed E-state index contributed by atoms with van der Waals surface area (Å²) in [5.74, 6) is 1.30. The lowest BCUT2D eigenvalue weighted by Crippen LogP contribution is -2.23. The molecule has 2 aromatic rings. The van der Waals surface area contributed by atoms with Gasteiger partial charge in [-0.2, -0.15) is 4.98 Å². The Hall–Kier alpha value is -2.89. The second kappa shape index (κ2) is 7.62. The monoisotopic (exact) mass is 381 g/mol. The number of alkyl halides is 1. The van der Waals surface area contributed by atoms with Crippen molar-refractivity contribution in [2.45, 2.75) is 45.3 Å². The molecule has 0 saturated carbocycles. The van der Waals surface area contributed by atoms with Crippen LogP contribution in [0.2, 0.25) is 0 Å². The highest BCUT2D eigenvalue weighted by molar-refractivity contribution is 5.60. The summed E-state index contributed by atoms with van der Waals surface area (Å²) in [6, 6.07) is 5.73. The first kappa shape index (κ1) is 18.5. The zero-order valence-corrected chi connectivity index (χ0v) is 16.2. The second-order valence-corrected chi connectivity index (χ2v) is 7.30. The van der Waals surface area contributed by atoms with E-state index >= 15 is 0 Å². The van der Waals surface area contributed by atoms with Crippen molar-refractivity contribution in [1.29, 1.82) is 0 Å². The van der Waals surface area contributed by atoms with Gasteiger partial charge in [-0.1, -0.05) is 18.2 Å². The van der Waals surface area contributed by atoms with E-state index < -0.39 is 6.17 Å². The highest BCUT2D eigenvalue weighted by Crippen LogP contribution is 2.28. The molecule has 0 saturated heterocycles. The van der Waals surface area contributed by atoms with E-state index in [4.69, 9.17) is 4.74 Å². The predicted octanol–water partition coefficient (Wildman–Crippen LogP) is 4.02. The van der Waals surface area contributed by atoms with Gasteiger partial charge in [0.15, 0.2) is 0 Å². The largest absolute Gasteiger partial charge is 0.497 e. The van der Waals surface area contributed by atoms with E-state index in [2.05, 4.69) is 14.9 Å². The average Bonchev–Trinajstić information content (AvgIpc) is 3.18. The van der Waals surface area contributed by atoms with E-state index in [-0.39, 0.29) is 5.56 Å². The summed E-state index contributed by atoms with van der Waals surface area (Å²) < 4.78 is 20.8. The average molecular weight is 381 g/mol. The minimum Gasteiger partial charge on any atom is -0.497 e. The van der Waals surface area contributed by atoms with Crippen LogP contribution in [0.25, 0.3) is 0 Å². The zero-order valence-electron chi connectivity index (χ0n) is 16.2. The number of allylic oxidation sites excluding steroid dienone is 4. The Morgan fingerprint density at radius 2 is 2.21 bits per heavy atom. The Morgan fingerprint density at radius 1 is 1.36 bits per heavy atom. The van der Waals surface area contributed by atoms with E-state index in [1.54, 1.807) is 13.2 Å². The number of rotatable bonds is 5. The lowest BCUT2D eigenvalue weighted by molar-refractivity contribution is 0.400. The Morgan fingerprint density at radius 3 is 2.93 bits per heavy atom. The van der Waals surface area contributed by atoms with Crippen molar-refractivity contribution in [2.24, 2.45) is 0 Å². The Kier molecular flexibility index (Phi) is 5.03. The number of methoxy groups -OCH3 is 1. The molecule has 2 aliphatic carbocycles. The molecule has 1 N–H and O–H groups in total. The SMILES string of the molecule is COc1ccc(Nc2nc(=O)c3c(n2CC2=CCC(F)C=C2)CCC3)c(C)c1. The van der Waals surface area contributed by atoms with Crippen LogP contribution < -0.4 is 15.6 Å². The molecule has 28 heavy (non-hydrogen) atoms. The molecular weight excluding hydrogens is 357 g/mol. The maximum Gasteiger partial charge on any atom is 0.277 e. The van der Waals surface area contributed by atoms with E-state index in [0.717, 1.165) is 53.1 Å². The zero-order chi connectivity index (χ0) is 19.7. The normalized spacial score (nSPS) is 18.0. The van der Waals surface area contributed by atoms with Crippen LogP contribution in [0.4, 0.5) is 16.0 Å². The van der Waals surface area contributed by atoms with E-state index in [0.29, 0.717) is 18.9 Å². The van der Waals surface area contributed by atoms with Gasteiger partial charge in [-0.05, 0) is 55.5 Å². The van der Waals surface area contributed by atoms with Crippen LogP contribution >= 0.6 is 0 Å². The fraction of sp³-hybridized carbons (Fsp3) is 0.364. The highest BCUT2D eigenvalue weighted by atomic mass is 19.1. The van der Waals surface area contributed by atoms with Crippen molar-refractivity contribution < 1.29 is 9.13 Å². The van der Waals surface area contributed by atoms with Gasteiger partial charge < -0.3 is 14.6 Å². The van der Waals surface area contributed by atoms with Gasteiger partial charge in [0.05, 0.1) is 13.7 Å². The van der Waals surface area contributed by atoms with Crippen LogP contribution in [-0.2, 0) is 19.4 Å². The molecule has 4 rings (SSSR count). The van der Waals surface area contributed by atoms with Gasteiger partial charge in [-0.3, -0.25) is 4.79 Å². The van der Waals surface area contributed by atoms with E-state index in [1.807, 2.05) is 37.3 Å². The molecule has 0 radical (unpaired) electrons. The first-order valence-electron chi connectivity index (χ1n) is 9.60. The van der Waals surface area contributed by atoms with Gasteiger partial charge in [0.2, 0.25) is 5.95 Å². The molecule has 146 valence electrons. The lowest BCUT2D eigenvalue weighted by atomic mass is 10.1. The van der Waals surface area contributed by atoms with Gasteiger partial charge in [-0.25, -0.2) is 4.39 Å². The molecule has 0 aliphatic heterocycles. The van der Waals surface area contributed by atoms with Crippen LogP contribution in [0.1, 0.15) is 29.7 Å². The number of fused-ring (bicyclic) bond motifs is 1. The second-order valence-electron chi connectivity index (χ2n) is 7.30. The van der Waals surface area contributed by atoms with Crippen LogP contribution in [-0.4, -0.2) is 22.8 Å². The van der Waals surface area contributed by atoms with Crippen molar-refractivity contribution >= 4 is 11.6 Å². The van der Waals surface area contributed by atoms with Gasteiger partial charge in [0.1, 0.15) is 11.9 Å². The summed E-state index contributed by atoms with van der Waals surface area (Å²) in [5.41, 5.74) is 4.58. The van der Waals surface area contributed by atoms with Crippen molar-refractivity contribution in [3.8, 4) is 5.75 Å². The first-order valence-corrected chi connectivity index (χ1v) is 9.60. The standard InChI is InChI=1S/C22H24FN3O2/c1-14-12-17(28-2)10-11-19(14)24-22-25-21(27)18-4-3-5-20(18)26(22)13-15-6-8-16(23)9-7-15/h6-8,10-12,16H,3-5,9,13H2,1-2H3,(H,24,25,27). The molecular formula is C22H24FN3O2. The smallest absolute Gasteiger partial charge is 0.277 e. The van der Waals surface area contributed by atoms with Crippen molar-refractivity contribution in [1.82, 2.24) is 9.55 Å². The summed E-state index contributed by atoms with van der Waals surface area (Å²) in [6.45, 7) is 2.55. The molecule has 1 aromatic carbocycles. The van der Waals surface area contributed by atoms with Crippen LogP contribution in [0.5, 0.6) is 5.75 Å². The number of aromatic nitrogens is 2. The van der Waals surface area contributed by atoms with Crippen molar-refractivity contribution in [2.75, 3.05) is 12.4 Å². The maximum absolute atomic E-state index is 13.4. The number of nitrogens with one attached hydrogen (secondary N) is 1. The molecule has 2 aliphatic rings. The number of hydrogen-bond donors (Lipinski definition) is 1. The van der Waals surface area contributed by atoms with Crippen LogP contribution in [0.15, 0.2) is 46.8 Å². The first-order chi connectivity index (χ1) is 13.5. The van der Waals surface area contributed by atoms with Gasteiger partial charge in [0.25, 0.3) is 5.56 Å². The topological polar surface area (TPSA) is 56.1 Å². The number of aryl methyl sites for hydroxylation is 1. The quantitative estimate of drug-likeness (QED) is 0.850. The van der Waals surface area contributed by atoms with Crippen molar-refractivity contribution in [3.63, 3.8) is 0 Å². The molecule has 0 bridgehead atoms. The summed E-state index contributed by atoms with van der Waals surface area (Å²) in [6.07, 6.45) is 7.40. The summed E-state index contributed by atoms with van der Waals surface area (Å²) in [4.78, 5) is 16.9. The fourth-order valence-corrected chi connectivity index (χ4v) is 3.84. The molecule has 0 fully saturated rings. The number of hydrogen-bond acceptors (Lipinski definition) is 4. The minimum atomic E-state index is -0.916. The van der Waals surface area contributed by atoms with Crippen LogP contribution in [0, 0.1) is 6.92 Å². The number of nitrogens with zero attached hydrogens (tertiary/aromatic N) is 2. The minimum absolute atomic E-state index is 0.158. The summed E-state index contributed by atoms with van der Waals surface area (Å²) in [7, 11) is 1.63. The predicted molar refractivity (Wildman–Crippen MR) is 108 cm³/mol. The number of anilines is 2. The maximum atomic E-state index is 13.4. The Bertz CT molecular complexity index is 1020. The fourth-order valence-electron chi connectivity index (χ4n) is 3.84. The van der Waals surface area contributed by atoms with Crippen LogP contribution in [0.3, 0.4) is 0 Å². The van der Waals surface area contributed by atoms with Gasteiger partial charge in [0, 0.05) is 23.4 Å². The number of halogens is 1. The molecule has 1 atom stereocenters. The number of ether oxygens (including phenoxy) is 1. The third kappa shape index (κ3) is 3.59. The molecule has 5 nitrogen and oxygen atoms in total. The summed E-state index contributed by atoms with van der Waals surface area (Å²) in [5, 5.41) is 3.33. The molecule has 0 amide bonds. The Labute approximate surface area is 163 Å². The molecule has 1 aromatic heterocycles.